The zero-order chi connectivity index (χ0) is 50.9. The van der Waals surface area contributed by atoms with Crippen LogP contribution in [0.1, 0.15) is 225 Å². The van der Waals surface area contributed by atoms with Crippen LogP contribution in [-0.4, -0.2) is 25.8 Å². The van der Waals surface area contributed by atoms with E-state index in [0.29, 0.717) is 17.6 Å². The van der Waals surface area contributed by atoms with Crippen molar-refractivity contribution in [3.05, 3.63) is 151 Å². The second-order valence-corrected chi connectivity index (χ2v) is 20.2. The molecule has 0 heterocycles. The van der Waals surface area contributed by atoms with E-state index in [2.05, 4.69) is 150 Å². The van der Waals surface area contributed by atoms with Crippen LogP contribution in [0.2, 0.25) is 0 Å². The number of hydrogen-bond acceptors (Lipinski definition) is 4. The lowest BCUT2D eigenvalue weighted by atomic mass is 9.90. The van der Waals surface area contributed by atoms with E-state index in [4.69, 9.17) is 9.47 Å². The summed E-state index contributed by atoms with van der Waals surface area (Å²) in [6.07, 6.45) is 49.1. The van der Waals surface area contributed by atoms with Crippen LogP contribution in [0.25, 0.3) is 0 Å². The molecule has 1 aliphatic carbocycles. The van der Waals surface area contributed by atoms with Crippen LogP contribution in [0.15, 0.2) is 151 Å². The summed E-state index contributed by atoms with van der Waals surface area (Å²) in [5.41, 5.74) is 17.0. The molecule has 0 saturated heterocycles. The van der Waals surface area contributed by atoms with E-state index in [1.807, 2.05) is 0 Å². The SMILES string of the molecule is COC1=C(OC)C(=O)C(C/C=C(\C)CC/C=C(\C)CC/C=C(\C)CC/C=C(/C)CC/C=C(\C)CC/C=C(\C)CC/C=C(\C)CC/C=C(\C)CC/C=C(\C)CC/C=C(\C)CCC=C(C)C)=C(C)C1=O. The molecule has 378 valence electrons. The topological polar surface area (TPSA) is 52.6 Å². The second kappa shape index (κ2) is 36.5. The van der Waals surface area contributed by atoms with E-state index < -0.39 is 0 Å². The molecule has 4 heteroatoms. The van der Waals surface area contributed by atoms with Gasteiger partial charge in [-0.3, -0.25) is 9.59 Å². The summed E-state index contributed by atoms with van der Waals surface area (Å²) >= 11 is 0. The smallest absolute Gasteiger partial charge is 0.228 e. The van der Waals surface area contributed by atoms with E-state index in [1.54, 1.807) is 6.92 Å². The number of ketones is 2. The largest absolute Gasteiger partial charge is 0.489 e. The van der Waals surface area contributed by atoms with Gasteiger partial charge in [-0.25, -0.2) is 0 Å². The van der Waals surface area contributed by atoms with Crippen molar-refractivity contribution in [2.75, 3.05) is 14.2 Å². The quantitative estimate of drug-likeness (QED) is 0.0477. The van der Waals surface area contributed by atoms with Crippen molar-refractivity contribution in [2.45, 2.75) is 225 Å². The third kappa shape index (κ3) is 28.8. The van der Waals surface area contributed by atoms with Gasteiger partial charge in [0.05, 0.1) is 14.2 Å². The molecule has 0 atom stereocenters. The fourth-order valence-electron chi connectivity index (χ4n) is 8.24. The van der Waals surface area contributed by atoms with Crippen molar-refractivity contribution in [1.82, 2.24) is 0 Å². The number of carbonyl (C=O) groups excluding carboxylic acids is 2. The van der Waals surface area contributed by atoms with Gasteiger partial charge in [-0.05, 0) is 225 Å². The Morgan fingerprint density at radius 1 is 0.324 bits per heavy atom. The Balaban J connectivity index is 2.29. The molecule has 0 N–H and O–H groups in total. The molecular formula is C64H98O4. The van der Waals surface area contributed by atoms with Crippen molar-refractivity contribution < 1.29 is 19.1 Å². The molecule has 0 spiro atoms. The summed E-state index contributed by atoms with van der Waals surface area (Å²) < 4.78 is 10.4. The Kier molecular flexibility index (Phi) is 33.1. The molecule has 4 nitrogen and oxygen atoms in total. The summed E-state index contributed by atoms with van der Waals surface area (Å²) in [7, 11) is 2.78. The lowest BCUT2D eigenvalue weighted by Gasteiger charge is -2.19. The summed E-state index contributed by atoms with van der Waals surface area (Å²) in [4.78, 5) is 25.6. The fraction of sp³-hybridized carbons (Fsp3) is 0.562. The minimum absolute atomic E-state index is 0.00678. The number of hydrogen-bond donors (Lipinski definition) is 0. The minimum atomic E-state index is -0.284. The molecule has 0 aromatic rings. The molecule has 1 rings (SSSR count). The number of Topliss-reactive ketones (excluding diaryl/α,β-unsaturated/α-hetero) is 2. The Hall–Kier alpha value is -4.44. The van der Waals surface area contributed by atoms with Gasteiger partial charge in [0, 0.05) is 11.1 Å². The first-order valence-electron chi connectivity index (χ1n) is 26.2. The highest BCUT2D eigenvalue weighted by Crippen LogP contribution is 2.28. The van der Waals surface area contributed by atoms with Crippen molar-refractivity contribution in [1.29, 1.82) is 0 Å². The molecule has 0 aromatic heterocycles. The summed E-state index contributed by atoms with van der Waals surface area (Å²) in [5, 5.41) is 0. The molecule has 0 bridgehead atoms. The predicted molar refractivity (Wildman–Crippen MR) is 298 cm³/mol. The van der Waals surface area contributed by atoms with Gasteiger partial charge in [-0.1, -0.05) is 128 Å². The normalized spacial score (nSPS) is 15.9. The van der Waals surface area contributed by atoms with Gasteiger partial charge < -0.3 is 9.47 Å². The number of methoxy groups -OCH3 is 2. The van der Waals surface area contributed by atoms with Crippen molar-refractivity contribution in [2.24, 2.45) is 0 Å². The number of allylic oxidation sites excluding steroid dienone is 24. The standard InChI is InChI=1S/C64H98O4/c1-48(2)26-16-27-49(3)28-17-29-50(4)30-18-31-51(5)32-19-33-52(6)34-20-35-53(7)36-21-37-54(8)38-22-39-55(9)40-23-41-56(10)42-24-43-57(11)44-25-45-58(12)46-47-60-59(13)61(65)63(67-14)64(68-15)62(60)66/h26,28,30,32,34,36,38,40,42,44,46H,16-25,27,29,31,33,35,37,39,41,43,45,47H2,1-15H3/b49-28+,50-30+,51-32+,52-34+,53-36+,54-38+,55-40-,56-42+,57-44+,58-46+. The third-order valence-corrected chi connectivity index (χ3v) is 13.1. The van der Waals surface area contributed by atoms with Crippen LogP contribution in [0, 0.1) is 0 Å². The lowest BCUT2D eigenvalue weighted by Crippen LogP contribution is -2.24. The number of rotatable bonds is 34. The lowest BCUT2D eigenvalue weighted by molar-refractivity contribution is -0.121. The van der Waals surface area contributed by atoms with Crippen LogP contribution in [0.3, 0.4) is 0 Å². The van der Waals surface area contributed by atoms with Crippen molar-refractivity contribution >= 4 is 11.6 Å². The van der Waals surface area contributed by atoms with E-state index in [-0.39, 0.29) is 23.1 Å². The highest BCUT2D eigenvalue weighted by molar-refractivity contribution is 6.23. The molecule has 0 unspecified atom stereocenters. The zero-order valence-corrected chi connectivity index (χ0v) is 46.3. The monoisotopic (exact) mass is 931 g/mol. The first-order valence-corrected chi connectivity index (χ1v) is 26.2. The Morgan fingerprint density at radius 3 is 0.750 bits per heavy atom. The maximum absolute atomic E-state index is 12.9. The number of carbonyl (C=O) groups is 2. The Labute approximate surface area is 418 Å². The minimum Gasteiger partial charge on any atom is -0.489 e. The Morgan fingerprint density at radius 2 is 0.529 bits per heavy atom. The van der Waals surface area contributed by atoms with Gasteiger partial charge in [0.1, 0.15) is 0 Å². The predicted octanol–water partition coefficient (Wildman–Crippen LogP) is 19.6. The van der Waals surface area contributed by atoms with Crippen LogP contribution in [0.4, 0.5) is 0 Å². The maximum atomic E-state index is 12.9. The molecule has 68 heavy (non-hydrogen) atoms. The molecule has 0 aliphatic heterocycles. The average molecular weight is 931 g/mol. The fourth-order valence-corrected chi connectivity index (χ4v) is 8.24. The van der Waals surface area contributed by atoms with E-state index in [1.165, 1.54) is 94.8 Å². The molecular weight excluding hydrogens is 833 g/mol. The summed E-state index contributed by atoms with van der Waals surface area (Å²) in [6.45, 7) is 28.7. The highest BCUT2D eigenvalue weighted by atomic mass is 16.5. The Bertz CT molecular complexity index is 2010. The van der Waals surface area contributed by atoms with Gasteiger partial charge in [0.25, 0.3) is 0 Å². The van der Waals surface area contributed by atoms with Gasteiger partial charge in [-0.15, -0.1) is 0 Å². The third-order valence-electron chi connectivity index (χ3n) is 13.1. The average Bonchev–Trinajstić information content (AvgIpc) is 3.27. The van der Waals surface area contributed by atoms with E-state index >= 15 is 0 Å². The first-order chi connectivity index (χ1) is 32.4. The summed E-state index contributed by atoms with van der Waals surface area (Å²) in [5.74, 6) is -0.572. The van der Waals surface area contributed by atoms with E-state index in [0.717, 1.165) is 109 Å². The zero-order valence-electron chi connectivity index (χ0n) is 46.3. The highest BCUT2D eigenvalue weighted by Gasteiger charge is 2.34. The molecule has 0 fully saturated rings. The van der Waals surface area contributed by atoms with E-state index in [9.17, 15) is 9.59 Å². The molecule has 0 aromatic carbocycles. The van der Waals surface area contributed by atoms with Crippen molar-refractivity contribution in [3.63, 3.8) is 0 Å². The second-order valence-electron chi connectivity index (χ2n) is 20.2. The summed E-state index contributed by atoms with van der Waals surface area (Å²) in [6, 6.07) is 0. The van der Waals surface area contributed by atoms with Gasteiger partial charge in [0.2, 0.25) is 23.1 Å². The van der Waals surface area contributed by atoms with Crippen LogP contribution in [-0.2, 0) is 19.1 Å². The first kappa shape index (κ1) is 61.6. The molecule has 0 saturated carbocycles. The van der Waals surface area contributed by atoms with Gasteiger partial charge in [-0.2, -0.15) is 0 Å². The molecule has 1 aliphatic rings. The van der Waals surface area contributed by atoms with Crippen LogP contribution < -0.4 is 0 Å². The van der Waals surface area contributed by atoms with Crippen molar-refractivity contribution in [3.8, 4) is 0 Å². The van der Waals surface area contributed by atoms with Crippen LogP contribution in [0.5, 0.6) is 0 Å². The van der Waals surface area contributed by atoms with Gasteiger partial charge in [0.15, 0.2) is 0 Å². The molecule has 0 amide bonds. The van der Waals surface area contributed by atoms with Gasteiger partial charge >= 0.3 is 0 Å². The van der Waals surface area contributed by atoms with Crippen LogP contribution >= 0.6 is 0 Å². The maximum Gasteiger partial charge on any atom is 0.228 e. The number of ether oxygens (including phenoxy) is 2. The molecule has 0 radical (unpaired) electrons.